The van der Waals surface area contributed by atoms with Gasteiger partial charge in [0.05, 0.1) is 15.7 Å². The summed E-state index contributed by atoms with van der Waals surface area (Å²) in [5.74, 6) is 0. The molecule has 0 saturated carbocycles. The zero-order valence-electron chi connectivity index (χ0n) is 10.9. The van der Waals surface area contributed by atoms with Crippen molar-refractivity contribution in [2.75, 3.05) is 0 Å². The highest BCUT2D eigenvalue weighted by Gasteiger charge is 2.20. The van der Waals surface area contributed by atoms with Crippen molar-refractivity contribution in [1.82, 2.24) is 4.72 Å². The van der Waals surface area contributed by atoms with Crippen molar-refractivity contribution in [3.63, 3.8) is 0 Å². The highest BCUT2D eigenvalue weighted by atomic mass is 32.2. The van der Waals surface area contributed by atoms with Gasteiger partial charge in [0.25, 0.3) is 0 Å². The molecule has 1 N–H and O–H groups in total. The van der Waals surface area contributed by atoms with E-state index in [1.165, 1.54) is 0 Å². The van der Waals surface area contributed by atoms with Crippen molar-refractivity contribution in [3.05, 3.63) is 42.0 Å². The Morgan fingerprint density at radius 1 is 1.24 bits per heavy atom. The summed E-state index contributed by atoms with van der Waals surface area (Å²) in [5.41, 5.74) is 1.16. The van der Waals surface area contributed by atoms with Crippen LogP contribution in [0.25, 0.3) is 6.08 Å². The standard InChI is InChI=1S/C14H21NOS/c1-12(15-17(16)14(2,3)4)10-11-13-8-6-5-7-9-13/h5-12,15H,1-4H3/b11-10+/t12-,17-/m1/s1. The molecule has 0 aliphatic carbocycles. The minimum atomic E-state index is -1.03. The summed E-state index contributed by atoms with van der Waals surface area (Å²) >= 11 is 0. The number of nitrogens with one attached hydrogen (secondary N) is 1. The van der Waals surface area contributed by atoms with Gasteiger partial charge in [0, 0.05) is 6.04 Å². The van der Waals surface area contributed by atoms with Crippen molar-refractivity contribution < 1.29 is 4.21 Å². The molecule has 0 radical (unpaired) electrons. The molecule has 0 bridgehead atoms. The second-order valence-electron chi connectivity index (χ2n) is 5.06. The molecule has 0 aliphatic heterocycles. The lowest BCUT2D eigenvalue weighted by atomic mass is 10.2. The summed E-state index contributed by atoms with van der Waals surface area (Å²) < 4.78 is 14.7. The molecular formula is C14H21NOS. The van der Waals surface area contributed by atoms with Gasteiger partial charge in [0.2, 0.25) is 0 Å². The van der Waals surface area contributed by atoms with Gasteiger partial charge >= 0.3 is 0 Å². The number of rotatable bonds is 4. The summed E-state index contributed by atoms with van der Waals surface area (Å²) in [4.78, 5) is 0. The Bertz CT molecular complexity index is 392. The van der Waals surface area contributed by atoms with Gasteiger partial charge in [-0.05, 0) is 33.3 Å². The Hall–Kier alpha value is -0.930. The molecule has 0 unspecified atom stereocenters. The van der Waals surface area contributed by atoms with E-state index in [1.807, 2.05) is 70.2 Å². The van der Waals surface area contributed by atoms with E-state index in [4.69, 9.17) is 0 Å². The normalized spacial score (nSPS) is 16.0. The number of hydrogen-bond acceptors (Lipinski definition) is 1. The first kappa shape index (κ1) is 14.1. The quantitative estimate of drug-likeness (QED) is 0.875. The molecule has 0 aromatic heterocycles. The van der Waals surface area contributed by atoms with E-state index in [9.17, 15) is 4.21 Å². The van der Waals surface area contributed by atoms with E-state index >= 15 is 0 Å². The first-order valence-corrected chi connectivity index (χ1v) is 6.96. The predicted octanol–water partition coefficient (Wildman–Crippen LogP) is 3.14. The summed E-state index contributed by atoms with van der Waals surface area (Å²) in [6, 6.07) is 10.2. The van der Waals surface area contributed by atoms with Crippen molar-refractivity contribution in [2.24, 2.45) is 0 Å². The van der Waals surface area contributed by atoms with Crippen LogP contribution in [0.15, 0.2) is 36.4 Å². The highest BCUT2D eigenvalue weighted by molar-refractivity contribution is 7.84. The average Bonchev–Trinajstić information content (AvgIpc) is 2.26. The van der Waals surface area contributed by atoms with Crippen LogP contribution >= 0.6 is 0 Å². The van der Waals surface area contributed by atoms with E-state index in [-0.39, 0.29) is 10.8 Å². The SMILES string of the molecule is C[C@H](/C=C/c1ccccc1)N[S@](=O)C(C)(C)C. The molecule has 94 valence electrons. The molecular weight excluding hydrogens is 230 g/mol. The monoisotopic (exact) mass is 251 g/mol. The minimum absolute atomic E-state index is 0.0928. The summed E-state index contributed by atoms with van der Waals surface area (Å²) in [6.45, 7) is 7.89. The fourth-order valence-electron chi connectivity index (χ4n) is 1.20. The van der Waals surface area contributed by atoms with Gasteiger partial charge in [-0.25, -0.2) is 8.93 Å². The lowest BCUT2D eigenvalue weighted by molar-refractivity contribution is 0.628. The topological polar surface area (TPSA) is 29.1 Å². The van der Waals surface area contributed by atoms with E-state index in [0.29, 0.717) is 0 Å². The molecule has 1 aromatic carbocycles. The second-order valence-corrected chi connectivity index (χ2v) is 7.06. The molecule has 1 rings (SSSR count). The zero-order chi connectivity index (χ0) is 12.9. The molecule has 17 heavy (non-hydrogen) atoms. The fourth-order valence-corrected chi connectivity index (χ4v) is 1.97. The van der Waals surface area contributed by atoms with Crippen molar-refractivity contribution in [3.8, 4) is 0 Å². The molecule has 2 atom stereocenters. The summed E-state index contributed by atoms with van der Waals surface area (Å²) in [5, 5.41) is 0. The smallest absolute Gasteiger partial charge is 0.0975 e. The van der Waals surface area contributed by atoms with Gasteiger partial charge in [-0.3, -0.25) is 0 Å². The third-order valence-electron chi connectivity index (χ3n) is 2.23. The van der Waals surface area contributed by atoms with E-state index in [2.05, 4.69) is 4.72 Å². The number of hydrogen-bond donors (Lipinski definition) is 1. The summed E-state index contributed by atoms with van der Waals surface area (Å²) in [6.07, 6.45) is 4.07. The molecule has 1 aromatic rings. The van der Waals surface area contributed by atoms with Gasteiger partial charge in [-0.2, -0.15) is 0 Å². The van der Waals surface area contributed by atoms with Gasteiger partial charge in [-0.1, -0.05) is 42.5 Å². The lowest BCUT2D eigenvalue weighted by Gasteiger charge is -2.20. The molecule has 0 fully saturated rings. The van der Waals surface area contributed by atoms with Crippen molar-refractivity contribution in [2.45, 2.75) is 38.5 Å². The third-order valence-corrected chi connectivity index (χ3v) is 3.92. The van der Waals surface area contributed by atoms with Crippen LogP contribution in [-0.4, -0.2) is 15.0 Å². The fraction of sp³-hybridized carbons (Fsp3) is 0.429. The van der Waals surface area contributed by atoms with E-state index in [1.54, 1.807) is 0 Å². The Labute approximate surface area is 107 Å². The number of benzene rings is 1. The Balaban J connectivity index is 2.53. The average molecular weight is 251 g/mol. The first-order valence-electron chi connectivity index (χ1n) is 5.81. The highest BCUT2D eigenvalue weighted by Crippen LogP contribution is 2.10. The van der Waals surface area contributed by atoms with Crippen LogP contribution in [0.2, 0.25) is 0 Å². The van der Waals surface area contributed by atoms with Crippen LogP contribution in [0.3, 0.4) is 0 Å². The van der Waals surface area contributed by atoms with E-state index in [0.717, 1.165) is 5.56 Å². The van der Waals surface area contributed by atoms with Gasteiger partial charge in [0.15, 0.2) is 0 Å². The van der Waals surface area contributed by atoms with Gasteiger partial charge < -0.3 is 0 Å². The Morgan fingerprint density at radius 3 is 2.35 bits per heavy atom. The minimum Gasteiger partial charge on any atom is -0.242 e. The van der Waals surface area contributed by atoms with Crippen molar-refractivity contribution in [1.29, 1.82) is 0 Å². The Morgan fingerprint density at radius 2 is 1.82 bits per heavy atom. The van der Waals surface area contributed by atoms with Gasteiger partial charge in [-0.15, -0.1) is 0 Å². The maximum atomic E-state index is 11.9. The zero-order valence-corrected chi connectivity index (χ0v) is 11.8. The van der Waals surface area contributed by atoms with Crippen LogP contribution in [0.4, 0.5) is 0 Å². The molecule has 0 saturated heterocycles. The molecule has 2 nitrogen and oxygen atoms in total. The Kier molecular flexibility index (Phi) is 5.09. The predicted molar refractivity (Wildman–Crippen MR) is 76.0 cm³/mol. The largest absolute Gasteiger partial charge is 0.242 e. The lowest BCUT2D eigenvalue weighted by Crippen LogP contribution is -2.37. The molecule has 0 heterocycles. The molecule has 0 spiro atoms. The second kappa shape index (κ2) is 6.12. The third kappa shape index (κ3) is 5.29. The van der Waals surface area contributed by atoms with Crippen LogP contribution in [0.5, 0.6) is 0 Å². The maximum Gasteiger partial charge on any atom is 0.0975 e. The molecule has 0 aliphatic rings. The summed E-state index contributed by atoms with van der Waals surface area (Å²) in [7, 11) is -1.03. The van der Waals surface area contributed by atoms with Crippen molar-refractivity contribution >= 4 is 17.1 Å². The van der Waals surface area contributed by atoms with Crippen LogP contribution in [-0.2, 0) is 11.0 Å². The molecule has 0 amide bonds. The van der Waals surface area contributed by atoms with Crippen LogP contribution in [0, 0.1) is 0 Å². The van der Waals surface area contributed by atoms with E-state index < -0.39 is 11.0 Å². The molecule has 3 heteroatoms. The van der Waals surface area contributed by atoms with Crippen LogP contribution in [0.1, 0.15) is 33.3 Å². The van der Waals surface area contributed by atoms with Crippen LogP contribution < -0.4 is 4.72 Å². The maximum absolute atomic E-state index is 11.9. The first-order chi connectivity index (χ1) is 7.89. The van der Waals surface area contributed by atoms with Gasteiger partial charge in [0.1, 0.15) is 0 Å².